The lowest BCUT2D eigenvalue weighted by atomic mass is 10.1. The number of anilines is 1. The molecule has 0 spiro atoms. The molecule has 0 atom stereocenters. The third-order valence-electron chi connectivity index (χ3n) is 5.74. The number of fused-ring (bicyclic) bond motifs is 1. The molecule has 2 N–H and O–H groups in total. The lowest BCUT2D eigenvalue weighted by molar-refractivity contribution is 0.0949. The van der Waals surface area contributed by atoms with E-state index in [0.717, 1.165) is 4.47 Å². The summed E-state index contributed by atoms with van der Waals surface area (Å²) in [7, 11) is 0. The summed E-state index contributed by atoms with van der Waals surface area (Å²) in [5, 5.41) is 6.13. The fourth-order valence-corrected chi connectivity index (χ4v) is 4.19. The molecular formula is C29H22BrN5O4. The van der Waals surface area contributed by atoms with Gasteiger partial charge in [-0.05, 0) is 79.7 Å². The molecule has 9 nitrogen and oxygen atoms in total. The molecule has 5 aromatic rings. The molecule has 0 aliphatic rings. The molecule has 5 rings (SSSR count). The van der Waals surface area contributed by atoms with E-state index in [2.05, 4.69) is 36.5 Å². The van der Waals surface area contributed by atoms with Crippen LogP contribution in [0.5, 0.6) is 11.5 Å². The standard InChI is InChI=1S/C29H22BrN5O4/c1-2-31-28(37)25-17-23(13-15-32-25)39-22-11-7-20(8-12-22)34-27(36)24-16-18-4-3-14-33-26(18)35(29(24)38)21-9-5-19(30)6-10-21/h3-17H,2H2,1H3,(H,31,37)(H,34,36). The van der Waals surface area contributed by atoms with Gasteiger partial charge in [0.25, 0.3) is 17.4 Å². The Kier molecular flexibility index (Phi) is 7.46. The van der Waals surface area contributed by atoms with Crippen molar-refractivity contribution in [3.63, 3.8) is 0 Å². The van der Waals surface area contributed by atoms with Gasteiger partial charge < -0.3 is 15.4 Å². The topological polar surface area (TPSA) is 115 Å². The maximum atomic E-state index is 13.5. The number of benzene rings is 2. The van der Waals surface area contributed by atoms with Crippen molar-refractivity contribution in [1.82, 2.24) is 19.9 Å². The smallest absolute Gasteiger partial charge is 0.270 e. The van der Waals surface area contributed by atoms with Gasteiger partial charge in [0, 0.05) is 40.6 Å². The third-order valence-corrected chi connectivity index (χ3v) is 6.27. The Morgan fingerprint density at radius 1 is 0.897 bits per heavy atom. The summed E-state index contributed by atoms with van der Waals surface area (Å²) in [5.74, 6) is 0.104. The number of rotatable bonds is 7. The Hall–Kier alpha value is -4.83. The van der Waals surface area contributed by atoms with E-state index in [0.29, 0.717) is 40.5 Å². The average Bonchev–Trinajstić information content (AvgIpc) is 2.95. The fraction of sp³-hybridized carbons (Fsp3) is 0.0690. The van der Waals surface area contributed by atoms with Crippen molar-refractivity contribution >= 4 is 44.5 Å². The predicted octanol–water partition coefficient (Wildman–Crippen LogP) is 5.34. The van der Waals surface area contributed by atoms with Gasteiger partial charge in [0.2, 0.25) is 0 Å². The SMILES string of the molecule is CCNC(=O)c1cc(Oc2ccc(NC(=O)c3cc4cccnc4n(-c4ccc(Br)cc4)c3=O)cc2)ccn1. The van der Waals surface area contributed by atoms with Crippen LogP contribution in [0.2, 0.25) is 0 Å². The second-order valence-corrected chi connectivity index (χ2v) is 9.32. The van der Waals surface area contributed by atoms with E-state index in [9.17, 15) is 14.4 Å². The zero-order chi connectivity index (χ0) is 27.4. The maximum Gasteiger partial charge on any atom is 0.270 e. The van der Waals surface area contributed by atoms with Crippen LogP contribution in [-0.2, 0) is 0 Å². The maximum absolute atomic E-state index is 13.5. The van der Waals surface area contributed by atoms with Crippen LogP contribution in [0.25, 0.3) is 16.7 Å². The van der Waals surface area contributed by atoms with Gasteiger partial charge in [0.15, 0.2) is 0 Å². The van der Waals surface area contributed by atoms with E-state index in [-0.39, 0.29) is 17.2 Å². The van der Waals surface area contributed by atoms with Crippen LogP contribution in [-0.4, -0.2) is 32.9 Å². The van der Waals surface area contributed by atoms with Gasteiger partial charge in [0.05, 0.1) is 5.69 Å². The number of hydrogen-bond acceptors (Lipinski definition) is 6. The predicted molar refractivity (Wildman–Crippen MR) is 152 cm³/mol. The Bertz CT molecular complexity index is 1730. The molecule has 0 saturated carbocycles. The molecule has 39 heavy (non-hydrogen) atoms. The molecule has 0 bridgehead atoms. The summed E-state index contributed by atoms with van der Waals surface area (Å²) in [6.45, 7) is 2.32. The third kappa shape index (κ3) is 5.70. The quantitative estimate of drug-likeness (QED) is 0.267. The first kappa shape index (κ1) is 25.8. The minimum absolute atomic E-state index is 0.0200. The Morgan fingerprint density at radius 3 is 2.41 bits per heavy atom. The van der Waals surface area contributed by atoms with Crippen LogP contribution in [0.1, 0.15) is 27.8 Å². The number of nitrogens with one attached hydrogen (secondary N) is 2. The summed E-state index contributed by atoms with van der Waals surface area (Å²) >= 11 is 3.40. The molecule has 0 unspecified atom stereocenters. The first-order valence-corrected chi connectivity index (χ1v) is 12.8. The normalized spacial score (nSPS) is 10.7. The van der Waals surface area contributed by atoms with Crippen LogP contribution < -0.4 is 20.9 Å². The van der Waals surface area contributed by atoms with Crippen molar-refractivity contribution in [2.24, 2.45) is 0 Å². The number of carbonyl (C=O) groups excluding carboxylic acids is 2. The number of amides is 2. The average molecular weight is 584 g/mol. The van der Waals surface area contributed by atoms with Crippen molar-refractivity contribution in [3.05, 3.63) is 117 Å². The van der Waals surface area contributed by atoms with Crippen LogP contribution in [0, 0.1) is 0 Å². The van der Waals surface area contributed by atoms with Gasteiger partial charge in [-0.15, -0.1) is 0 Å². The van der Waals surface area contributed by atoms with E-state index >= 15 is 0 Å². The van der Waals surface area contributed by atoms with Gasteiger partial charge in [-0.25, -0.2) is 4.98 Å². The minimum Gasteiger partial charge on any atom is -0.457 e. The van der Waals surface area contributed by atoms with Crippen LogP contribution in [0.3, 0.4) is 0 Å². The van der Waals surface area contributed by atoms with E-state index < -0.39 is 11.5 Å². The van der Waals surface area contributed by atoms with Gasteiger partial charge in [-0.2, -0.15) is 0 Å². The van der Waals surface area contributed by atoms with Crippen molar-refractivity contribution < 1.29 is 14.3 Å². The van der Waals surface area contributed by atoms with Crippen LogP contribution >= 0.6 is 15.9 Å². The molecule has 0 aliphatic heterocycles. The monoisotopic (exact) mass is 583 g/mol. The van der Waals surface area contributed by atoms with Crippen LogP contribution in [0.4, 0.5) is 5.69 Å². The van der Waals surface area contributed by atoms with Gasteiger partial charge in [-0.3, -0.25) is 23.9 Å². The van der Waals surface area contributed by atoms with Crippen molar-refractivity contribution in [2.75, 3.05) is 11.9 Å². The lowest BCUT2D eigenvalue weighted by Gasteiger charge is -2.13. The molecule has 0 saturated heterocycles. The number of halogens is 1. The molecule has 0 radical (unpaired) electrons. The molecule has 10 heteroatoms. The summed E-state index contributed by atoms with van der Waals surface area (Å²) in [4.78, 5) is 47.1. The van der Waals surface area contributed by atoms with Crippen molar-refractivity contribution in [2.45, 2.75) is 6.92 Å². The molecular weight excluding hydrogens is 562 g/mol. The molecule has 194 valence electrons. The molecule has 0 fully saturated rings. The Morgan fingerprint density at radius 2 is 1.67 bits per heavy atom. The van der Waals surface area contributed by atoms with Crippen LogP contribution in [0.15, 0.2) is 101 Å². The zero-order valence-corrected chi connectivity index (χ0v) is 22.3. The summed E-state index contributed by atoms with van der Waals surface area (Å²) in [6, 6.07) is 22.2. The number of pyridine rings is 3. The largest absolute Gasteiger partial charge is 0.457 e. The van der Waals surface area contributed by atoms with Gasteiger partial charge >= 0.3 is 0 Å². The van der Waals surface area contributed by atoms with E-state index in [1.807, 2.05) is 19.1 Å². The lowest BCUT2D eigenvalue weighted by Crippen LogP contribution is -2.29. The van der Waals surface area contributed by atoms with Crippen molar-refractivity contribution in [3.8, 4) is 17.2 Å². The summed E-state index contributed by atoms with van der Waals surface area (Å²) < 4.78 is 8.13. The van der Waals surface area contributed by atoms with E-state index in [1.54, 1.807) is 72.9 Å². The summed E-state index contributed by atoms with van der Waals surface area (Å²) in [5.41, 5.74) is 1.27. The highest BCUT2D eigenvalue weighted by Gasteiger charge is 2.18. The number of carbonyl (C=O) groups is 2. The van der Waals surface area contributed by atoms with Gasteiger partial charge in [0.1, 0.15) is 28.4 Å². The van der Waals surface area contributed by atoms with E-state index in [4.69, 9.17) is 4.74 Å². The molecule has 2 aromatic carbocycles. The highest BCUT2D eigenvalue weighted by atomic mass is 79.9. The minimum atomic E-state index is -0.550. The zero-order valence-electron chi connectivity index (χ0n) is 20.7. The number of ether oxygens (including phenoxy) is 1. The van der Waals surface area contributed by atoms with E-state index in [1.165, 1.54) is 10.8 Å². The van der Waals surface area contributed by atoms with Crippen molar-refractivity contribution in [1.29, 1.82) is 0 Å². The summed E-state index contributed by atoms with van der Waals surface area (Å²) in [6.07, 6.45) is 3.10. The molecule has 2 amide bonds. The molecule has 3 aromatic heterocycles. The first-order chi connectivity index (χ1) is 18.9. The second kappa shape index (κ2) is 11.3. The Labute approximate surface area is 231 Å². The highest BCUT2D eigenvalue weighted by Crippen LogP contribution is 2.24. The number of hydrogen-bond donors (Lipinski definition) is 2. The number of nitrogens with zero attached hydrogens (tertiary/aromatic N) is 3. The first-order valence-electron chi connectivity index (χ1n) is 12.0. The fourth-order valence-electron chi connectivity index (χ4n) is 3.93. The highest BCUT2D eigenvalue weighted by molar-refractivity contribution is 9.10. The van der Waals surface area contributed by atoms with Gasteiger partial charge in [-0.1, -0.05) is 15.9 Å². The number of aromatic nitrogens is 3. The molecule has 3 heterocycles. The second-order valence-electron chi connectivity index (χ2n) is 8.41. The molecule has 0 aliphatic carbocycles. The Balaban J connectivity index is 1.38.